The molecule has 0 spiro atoms. The van der Waals surface area contributed by atoms with Gasteiger partial charge in [-0.1, -0.05) is 57.2 Å². The number of benzene rings is 4. The third-order valence-electron chi connectivity index (χ3n) is 14.7. The number of hydrogen-bond acceptors (Lipinski definition) is 14. The molecule has 4 atom stereocenters. The van der Waals surface area contributed by atoms with Crippen molar-refractivity contribution in [2.75, 3.05) is 17.9 Å². The number of β-amino-alcohol motifs (C(OH)–C–C–N with tert-alkyl or cyclic N) is 1. The van der Waals surface area contributed by atoms with Crippen LogP contribution in [0.2, 0.25) is 0 Å². The number of ether oxygens (including phenoxy) is 3. The SMILES string of the molecule is CCCOc1cccc(Oc2cc3c(cc2NS(=O)(=O)c2cccc(C(=O)NC4CC(Oc5cc(-c6cnn([C@@H](C(=O)N7C[C@H](O)C[C@H]7C(=O)N[C@@H](C)c7ccc(-c8scnc8C)cc7)C(C)C)c6)ccn5)C4)c2)n(C)c(=O)n3C)c1. The van der Waals surface area contributed by atoms with E-state index in [9.17, 15) is 32.7 Å². The Kier molecular flexibility index (Phi) is 16.2. The molecule has 81 heavy (non-hydrogen) atoms. The molecule has 0 bridgehead atoms. The summed E-state index contributed by atoms with van der Waals surface area (Å²) in [5.74, 6) is 0.112. The van der Waals surface area contributed by atoms with Crippen LogP contribution in [-0.4, -0.2) is 102 Å². The van der Waals surface area contributed by atoms with E-state index >= 15 is 0 Å². The summed E-state index contributed by atoms with van der Waals surface area (Å²) in [5, 5.41) is 21.5. The van der Waals surface area contributed by atoms with Crippen LogP contribution in [0.5, 0.6) is 23.1 Å². The lowest BCUT2D eigenvalue weighted by Gasteiger charge is -2.35. The Hall–Kier alpha value is -8.34. The summed E-state index contributed by atoms with van der Waals surface area (Å²) in [4.78, 5) is 66.0. The average molecular weight is 1140 g/mol. The highest BCUT2D eigenvalue weighted by atomic mass is 32.2. The molecule has 0 unspecified atom stereocenters. The van der Waals surface area contributed by atoms with Crippen molar-refractivity contribution in [1.29, 1.82) is 0 Å². The van der Waals surface area contributed by atoms with Gasteiger partial charge in [-0.05, 0) is 85.3 Å². The molecular formula is C59H64N10O10S2. The molecule has 10 rings (SSSR count). The number of likely N-dealkylation sites (tertiary alicyclic amines) is 1. The number of rotatable bonds is 20. The Balaban J connectivity index is 0.751. The summed E-state index contributed by atoms with van der Waals surface area (Å²) in [6.07, 6.45) is 5.77. The number of anilines is 1. The van der Waals surface area contributed by atoms with Crippen molar-refractivity contribution in [3.8, 4) is 44.7 Å². The Morgan fingerprint density at radius 2 is 1.60 bits per heavy atom. The molecule has 20 nitrogen and oxygen atoms in total. The van der Waals surface area contributed by atoms with Gasteiger partial charge in [-0.15, -0.1) is 11.3 Å². The van der Waals surface area contributed by atoms with Crippen molar-refractivity contribution >= 4 is 55.8 Å². The quantitative estimate of drug-likeness (QED) is 0.0562. The summed E-state index contributed by atoms with van der Waals surface area (Å²) in [5.41, 5.74) is 7.07. The number of carbonyl (C=O) groups excluding carboxylic acids is 3. The zero-order valence-corrected chi connectivity index (χ0v) is 47.5. The molecule has 22 heteroatoms. The van der Waals surface area contributed by atoms with Crippen LogP contribution in [0.4, 0.5) is 5.69 Å². The lowest BCUT2D eigenvalue weighted by atomic mass is 9.89. The summed E-state index contributed by atoms with van der Waals surface area (Å²) in [7, 11) is -1.10. The van der Waals surface area contributed by atoms with Crippen LogP contribution in [0.15, 0.2) is 131 Å². The molecule has 0 radical (unpaired) electrons. The average Bonchev–Trinajstić information content (AvgIpc) is 4.36. The van der Waals surface area contributed by atoms with Crippen LogP contribution in [-0.2, 0) is 33.7 Å². The molecular weight excluding hydrogens is 1070 g/mol. The summed E-state index contributed by atoms with van der Waals surface area (Å²) in [6, 6.07) is 25.1. The highest BCUT2D eigenvalue weighted by Gasteiger charge is 2.43. The van der Waals surface area contributed by atoms with Crippen LogP contribution in [0, 0.1) is 12.8 Å². The number of fused-ring (bicyclic) bond motifs is 1. The number of sulfonamides is 1. The van der Waals surface area contributed by atoms with Crippen LogP contribution < -0.4 is 35.3 Å². The van der Waals surface area contributed by atoms with Gasteiger partial charge in [-0.2, -0.15) is 5.10 Å². The highest BCUT2D eigenvalue weighted by Crippen LogP contribution is 2.37. The van der Waals surface area contributed by atoms with E-state index in [2.05, 4.69) is 30.4 Å². The van der Waals surface area contributed by atoms with Crippen LogP contribution in [0.3, 0.4) is 0 Å². The van der Waals surface area contributed by atoms with Gasteiger partial charge in [0.15, 0.2) is 5.75 Å². The molecule has 4 aromatic carbocycles. The molecule has 8 aromatic rings. The largest absolute Gasteiger partial charge is 0.493 e. The number of nitrogens with one attached hydrogen (secondary N) is 3. The van der Waals surface area contributed by atoms with E-state index in [1.54, 1.807) is 85.1 Å². The minimum atomic E-state index is -4.32. The lowest BCUT2D eigenvalue weighted by molar-refractivity contribution is -0.142. The first-order valence-electron chi connectivity index (χ1n) is 26.8. The Morgan fingerprint density at radius 1 is 0.864 bits per heavy atom. The monoisotopic (exact) mass is 1140 g/mol. The molecule has 1 saturated carbocycles. The Morgan fingerprint density at radius 3 is 2.33 bits per heavy atom. The van der Waals surface area contributed by atoms with Crippen molar-refractivity contribution < 1.29 is 42.1 Å². The van der Waals surface area contributed by atoms with E-state index in [-0.39, 0.29) is 76.5 Å². The first-order chi connectivity index (χ1) is 38.8. The molecule has 3 amide bonds. The second-order valence-corrected chi connectivity index (χ2v) is 23.5. The number of amides is 3. The molecule has 1 saturated heterocycles. The fraction of sp³-hybridized carbons (Fsp3) is 0.339. The predicted molar refractivity (Wildman–Crippen MR) is 307 cm³/mol. The number of hydrogen-bond donors (Lipinski definition) is 4. The van der Waals surface area contributed by atoms with Gasteiger partial charge in [0, 0.05) is 87.7 Å². The number of aromatic nitrogens is 6. The molecule has 2 fully saturated rings. The third-order valence-corrected chi connectivity index (χ3v) is 17.1. The number of imidazole rings is 1. The third kappa shape index (κ3) is 12.1. The molecule has 1 aliphatic carbocycles. The van der Waals surface area contributed by atoms with E-state index in [4.69, 9.17) is 14.2 Å². The number of pyridine rings is 1. The highest BCUT2D eigenvalue weighted by molar-refractivity contribution is 7.92. The van der Waals surface area contributed by atoms with E-state index in [0.717, 1.165) is 33.7 Å². The predicted octanol–water partition coefficient (Wildman–Crippen LogP) is 8.33. The van der Waals surface area contributed by atoms with Crippen molar-refractivity contribution in [3.63, 3.8) is 0 Å². The van der Waals surface area contributed by atoms with Crippen LogP contribution in [0.25, 0.3) is 32.6 Å². The van der Waals surface area contributed by atoms with Crippen LogP contribution in [0.1, 0.15) is 87.1 Å². The van der Waals surface area contributed by atoms with Gasteiger partial charge in [0.25, 0.3) is 15.9 Å². The fourth-order valence-electron chi connectivity index (χ4n) is 10.3. The molecule has 2 aliphatic rings. The maximum Gasteiger partial charge on any atom is 0.328 e. The first kappa shape index (κ1) is 56.0. The van der Waals surface area contributed by atoms with Gasteiger partial charge in [-0.3, -0.25) is 32.9 Å². The topological polar surface area (TPSA) is 243 Å². The van der Waals surface area contributed by atoms with Gasteiger partial charge in [0.2, 0.25) is 17.7 Å². The smallest absolute Gasteiger partial charge is 0.328 e. The second-order valence-electron chi connectivity index (χ2n) is 21.0. The number of nitrogens with zero attached hydrogens (tertiary/aromatic N) is 7. The van der Waals surface area contributed by atoms with Gasteiger partial charge < -0.3 is 34.9 Å². The van der Waals surface area contributed by atoms with E-state index in [0.29, 0.717) is 53.4 Å². The van der Waals surface area contributed by atoms with E-state index in [1.165, 1.54) is 44.4 Å². The molecule has 4 aromatic heterocycles. The van der Waals surface area contributed by atoms with Gasteiger partial charge in [0.1, 0.15) is 29.7 Å². The summed E-state index contributed by atoms with van der Waals surface area (Å²) < 4.78 is 53.5. The maximum atomic E-state index is 14.4. The van der Waals surface area contributed by atoms with Crippen molar-refractivity contribution in [3.05, 3.63) is 148 Å². The van der Waals surface area contributed by atoms with E-state index < -0.39 is 34.1 Å². The fourth-order valence-corrected chi connectivity index (χ4v) is 12.2. The van der Waals surface area contributed by atoms with Gasteiger partial charge >= 0.3 is 5.69 Å². The molecule has 4 N–H and O–H groups in total. The molecule has 422 valence electrons. The zero-order valence-electron chi connectivity index (χ0n) is 45.9. The number of carbonyl (C=O) groups is 3. The van der Waals surface area contributed by atoms with Crippen molar-refractivity contribution in [1.82, 2.24) is 44.4 Å². The number of aliphatic hydroxyl groups excluding tert-OH is 1. The molecule has 5 heterocycles. The first-order valence-corrected chi connectivity index (χ1v) is 29.2. The van der Waals surface area contributed by atoms with Crippen LogP contribution >= 0.6 is 11.3 Å². The minimum absolute atomic E-state index is 0.0156. The molecule has 1 aliphatic heterocycles. The van der Waals surface area contributed by atoms with Gasteiger partial charge in [0.05, 0.1) is 62.6 Å². The second kappa shape index (κ2) is 23.4. The minimum Gasteiger partial charge on any atom is -0.493 e. The number of thiazole rings is 1. The van der Waals surface area contributed by atoms with Crippen molar-refractivity contribution in [2.24, 2.45) is 20.0 Å². The normalized spacial score (nSPS) is 17.8. The summed E-state index contributed by atoms with van der Waals surface area (Å²) >= 11 is 1.57. The van der Waals surface area contributed by atoms with Gasteiger partial charge in [-0.25, -0.2) is 23.2 Å². The lowest BCUT2D eigenvalue weighted by Crippen LogP contribution is -2.49. The zero-order chi connectivity index (χ0) is 57.3. The van der Waals surface area contributed by atoms with Crippen molar-refractivity contribution in [2.45, 2.75) is 102 Å². The number of aliphatic hydroxyl groups is 1. The Labute approximate surface area is 472 Å². The Bertz CT molecular complexity index is 3810. The maximum absolute atomic E-state index is 14.4. The standard InChI is InChI=1S/C59H64N10O10S2/c1-8-21-77-44-12-10-13-45(27-44)78-52-29-50-49(66(6)59(74)67(50)7)28-48(52)65-81(75,76)47-14-9-11-40(22-47)56(71)64-42-24-46(25-42)79-53-23-39(19-20-60-53)41-30-62-69(31-41)54(34(2)3)58(73)68-32-43(70)26-51(68)57(72)63-35(4)37-15-17-38(18-16-37)55-36(5)61-33-80-55/h9-20,22-23,27-31,33-35,42-43,46,51,54,65,70H,8,21,24-26,32H2,1-7H3,(H,63,72)(H,64,71)/t35-,42?,43+,46?,51-,54+/m0/s1. The summed E-state index contributed by atoms with van der Waals surface area (Å²) in [6.45, 7) is 10.2. The van der Waals surface area contributed by atoms with E-state index in [1.807, 2.05) is 70.5 Å². The number of aryl methyl sites for hydroxylation is 3.